The van der Waals surface area contributed by atoms with Gasteiger partial charge in [-0.3, -0.25) is 15.1 Å². The van der Waals surface area contributed by atoms with E-state index in [0.717, 1.165) is 17.6 Å². The Bertz CT molecular complexity index is 1260. The zero-order valence-electron chi connectivity index (χ0n) is 18.6. The summed E-state index contributed by atoms with van der Waals surface area (Å²) < 4.78 is 10.5. The van der Waals surface area contributed by atoms with Gasteiger partial charge in [-0.2, -0.15) is 0 Å². The Kier molecular flexibility index (Phi) is 6.90. The molecule has 168 valence electrons. The van der Waals surface area contributed by atoms with E-state index in [9.17, 15) is 4.79 Å². The lowest BCUT2D eigenvalue weighted by atomic mass is 10.1. The standard InChI is InChI=1S/C26H26N4O3/c1-32-21-12-10-18(11-13-21)25(31)30-26(29-20-6-5-7-22(16-20)33-2)27-15-14-19-17-28-24-9-4-3-8-23(19)24/h3-13,16-17,28H,14-15H2,1-2H3,(H2,27,29,30,31). The number of aliphatic imine (C=N–C) groups is 1. The van der Waals surface area contributed by atoms with Gasteiger partial charge in [-0.05, 0) is 54.4 Å². The normalized spacial score (nSPS) is 11.3. The number of rotatable bonds is 7. The Labute approximate surface area is 192 Å². The fourth-order valence-electron chi connectivity index (χ4n) is 3.50. The topological polar surface area (TPSA) is 87.7 Å². The minimum absolute atomic E-state index is 0.265. The molecule has 0 radical (unpaired) electrons. The Balaban J connectivity index is 1.52. The average Bonchev–Trinajstić information content (AvgIpc) is 3.27. The first-order chi connectivity index (χ1) is 16.2. The summed E-state index contributed by atoms with van der Waals surface area (Å²) in [5.41, 5.74) is 3.54. The fourth-order valence-corrected chi connectivity index (χ4v) is 3.50. The van der Waals surface area contributed by atoms with Gasteiger partial charge >= 0.3 is 0 Å². The van der Waals surface area contributed by atoms with E-state index in [1.165, 1.54) is 10.9 Å². The third-order valence-electron chi connectivity index (χ3n) is 5.24. The van der Waals surface area contributed by atoms with Gasteiger partial charge in [-0.25, -0.2) is 0 Å². The van der Waals surface area contributed by atoms with Crippen molar-refractivity contribution in [2.45, 2.75) is 6.42 Å². The van der Waals surface area contributed by atoms with Crippen molar-refractivity contribution in [2.75, 3.05) is 26.1 Å². The number of aromatic amines is 1. The van der Waals surface area contributed by atoms with Gasteiger partial charge < -0.3 is 19.8 Å². The van der Waals surface area contributed by atoms with Crippen LogP contribution < -0.4 is 20.1 Å². The van der Waals surface area contributed by atoms with Crippen LogP contribution in [-0.4, -0.2) is 37.6 Å². The SMILES string of the molecule is COc1ccc(C(=O)NC(=NCCc2c[nH]c3ccccc23)Nc2cccc(OC)c2)cc1. The number of H-pyrrole nitrogens is 1. The number of hydrogen-bond acceptors (Lipinski definition) is 4. The van der Waals surface area contributed by atoms with Crippen molar-refractivity contribution < 1.29 is 14.3 Å². The van der Waals surface area contributed by atoms with Crippen LogP contribution in [0.3, 0.4) is 0 Å². The molecule has 0 unspecified atom stereocenters. The summed E-state index contributed by atoms with van der Waals surface area (Å²) in [4.78, 5) is 20.8. The monoisotopic (exact) mass is 442 g/mol. The van der Waals surface area contributed by atoms with Crippen molar-refractivity contribution in [3.63, 3.8) is 0 Å². The number of para-hydroxylation sites is 1. The maximum Gasteiger partial charge on any atom is 0.257 e. The van der Waals surface area contributed by atoms with Crippen LogP contribution in [0.2, 0.25) is 0 Å². The van der Waals surface area contributed by atoms with Crippen LogP contribution in [0.1, 0.15) is 15.9 Å². The minimum atomic E-state index is -0.265. The molecular formula is C26H26N4O3. The van der Waals surface area contributed by atoms with E-state index in [1.807, 2.05) is 48.7 Å². The van der Waals surface area contributed by atoms with Crippen LogP contribution in [0.25, 0.3) is 10.9 Å². The Morgan fingerprint density at radius 2 is 1.73 bits per heavy atom. The molecule has 4 rings (SSSR count). The number of ether oxygens (including phenoxy) is 2. The van der Waals surface area contributed by atoms with Gasteiger partial charge in [0, 0.05) is 41.0 Å². The van der Waals surface area contributed by atoms with Gasteiger partial charge in [0.05, 0.1) is 14.2 Å². The number of carbonyl (C=O) groups is 1. The van der Waals surface area contributed by atoms with E-state index >= 15 is 0 Å². The molecule has 0 spiro atoms. The summed E-state index contributed by atoms with van der Waals surface area (Å²) in [7, 11) is 3.20. The minimum Gasteiger partial charge on any atom is -0.497 e. The summed E-state index contributed by atoms with van der Waals surface area (Å²) >= 11 is 0. The lowest BCUT2D eigenvalue weighted by molar-refractivity contribution is 0.0977. The van der Waals surface area contributed by atoms with Gasteiger partial charge in [0.2, 0.25) is 5.96 Å². The molecule has 0 aliphatic carbocycles. The predicted octanol–water partition coefficient (Wildman–Crippen LogP) is 4.63. The molecule has 0 saturated heterocycles. The zero-order chi connectivity index (χ0) is 23.0. The molecule has 4 aromatic rings. The number of amides is 1. The first kappa shape index (κ1) is 22.0. The van der Waals surface area contributed by atoms with E-state index in [4.69, 9.17) is 9.47 Å². The third-order valence-corrected chi connectivity index (χ3v) is 5.24. The molecule has 1 aromatic heterocycles. The molecule has 0 bridgehead atoms. The average molecular weight is 443 g/mol. The van der Waals surface area contributed by atoms with Crippen LogP contribution >= 0.6 is 0 Å². The molecule has 3 aromatic carbocycles. The number of nitrogens with one attached hydrogen (secondary N) is 3. The predicted molar refractivity (Wildman–Crippen MR) is 131 cm³/mol. The van der Waals surface area contributed by atoms with Gasteiger partial charge in [-0.1, -0.05) is 24.3 Å². The number of guanidine groups is 1. The second kappa shape index (κ2) is 10.4. The van der Waals surface area contributed by atoms with Crippen molar-refractivity contribution in [1.82, 2.24) is 10.3 Å². The van der Waals surface area contributed by atoms with Crippen molar-refractivity contribution in [3.05, 3.63) is 90.1 Å². The Morgan fingerprint density at radius 1 is 0.939 bits per heavy atom. The molecule has 0 atom stereocenters. The second-order valence-electron chi connectivity index (χ2n) is 7.38. The largest absolute Gasteiger partial charge is 0.497 e. The van der Waals surface area contributed by atoms with Gasteiger partial charge in [0.1, 0.15) is 11.5 Å². The van der Waals surface area contributed by atoms with E-state index in [-0.39, 0.29) is 5.91 Å². The summed E-state index contributed by atoms with van der Waals surface area (Å²) in [6.45, 7) is 0.497. The van der Waals surface area contributed by atoms with E-state index in [0.29, 0.717) is 29.6 Å². The van der Waals surface area contributed by atoms with Gasteiger partial charge in [-0.15, -0.1) is 0 Å². The number of hydrogen-bond donors (Lipinski definition) is 3. The van der Waals surface area contributed by atoms with Gasteiger partial charge in [0.25, 0.3) is 5.91 Å². The summed E-state index contributed by atoms with van der Waals surface area (Å²) in [5.74, 6) is 1.50. The van der Waals surface area contributed by atoms with E-state index < -0.39 is 0 Å². The number of methoxy groups -OCH3 is 2. The highest BCUT2D eigenvalue weighted by Gasteiger charge is 2.11. The maximum atomic E-state index is 12.8. The van der Waals surface area contributed by atoms with Crippen molar-refractivity contribution in [3.8, 4) is 11.5 Å². The Morgan fingerprint density at radius 3 is 2.52 bits per heavy atom. The van der Waals surface area contributed by atoms with Crippen molar-refractivity contribution in [1.29, 1.82) is 0 Å². The zero-order valence-corrected chi connectivity index (χ0v) is 18.6. The number of carbonyl (C=O) groups excluding carboxylic acids is 1. The quantitative estimate of drug-likeness (QED) is 0.288. The number of benzene rings is 3. The number of nitrogens with zero attached hydrogens (tertiary/aromatic N) is 1. The maximum absolute atomic E-state index is 12.8. The highest BCUT2D eigenvalue weighted by molar-refractivity contribution is 6.10. The van der Waals surface area contributed by atoms with Crippen molar-refractivity contribution >= 4 is 28.5 Å². The van der Waals surface area contributed by atoms with Gasteiger partial charge in [0.15, 0.2) is 0 Å². The number of fused-ring (bicyclic) bond motifs is 1. The smallest absolute Gasteiger partial charge is 0.257 e. The molecule has 0 aliphatic heterocycles. The first-order valence-electron chi connectivity index (χ1n) is 10.6. The van der Waals surface area contributed by atoms with Crippen molar-refractivity contribution in [2.24, 2.45) is 4.99 Å². The molecule has 7 heteroatoms. The van der Waals surface area contributed by atoms with Crippen LogP contribution in [0, 0.1) is 0 Å². The second-order valence-corrected chi connectivity index (χ2v) is 7.38. The summed E-state index contributed by atoms with van der Waals surface area (Å²) in [6, 6.07) is 22.5. The number of anilines is 1. The molecule has 1 amide bonds. The molecule has 0 saturated carbocycles. The molecule has 1 heterocycles. The molecular weight excluding hydrogens is 416 g/mol. The highest BCUT2D eigenvalue weighted by atomic mass is 16.5. The first-order valence-corrected chi connectivity index (χ1v) is 10.6. The third kappa shape index (κ3) is 5.51. The highest BCUT2D eigenvalue weighted by Crippen LogP contribution is 2.19. The molecule has 0 aliphatic rings. The molecule has 0 fully saturated rings. The van der Waals surface area contributed by atoms with E-state index in [1.54, 1.807) is 38.5 Å². The Hall–Kier alpha value is -4.26. The molecule has 3 N–H and O–H groups in total. The molecule has 7 nitrogen and oxygen atoms in total. The lowest BCUT2D eigenvalue weighted by Gasteiger charge is -2.13. The number of aromatic nitrogens is 1. The van der Waals surface area contributed by atoms with Crippen LogP contribution in [0.15, 0.2) is 84.0 Å². The van der Waals surface area contributed by atoms with Crippen LogP contribution in [-0.2, 0) is 6.42 Å². The van der Waals surface area contributed by atoms with E-state index in [2.05, 4.69) is 26.7 Å². The van der Waals surface area contributed by atoms with Crippen LogP contribution in [0.5, 0.6) is 11.5 Å². The lowest BCUT2D eigenvalue weighted by Crippen LogP contribution is -2.36. The fraction of sp³-hybridized carbons (Fsp3) is 0.154. The van der Waals surface area contributed by atoms with Crippen LogP contribution in [0.4, 0.5) is 5.69 Å². The summed E-state index contributed by atoms with van der Waals surface area (Å²) in [5, 5.41) is 7.26. The molecule has 33 heavy (non-hydrogen) atoms. The summed E-state index contributed by atoms with van der Waals surface area (Å²) in [6.07, 6.45) is 2.73.